The van der Waals surface area contributed by atoms with E-state index in [4.69, 9.17) is 5.73 Å². The van der Waals surface area contributed by atoms with Gasteiger partial charge >= 0.3 is 0 Å². The fraction of sp³-hybridized carbons (Fsp3) is 0.467. The molecule has 1 heteroatoms. The first kappa shape index (κ1) is 14.9. The van der Waals surface area contributed by atoms with Crippen molar-refractivity contribution in [2.75, 3.05) is 6.54 Å². The van der Waals surface area contributed by atoms with Gasteiger partial charge < -0.3 is 5.73 Å². The standard InChI is InChI=1S/C15H25N/c1-6-7-8-9-15(14(5)11-16)10-13(4)12(2)3/h8-10H,2,6-7,11,16H2,1,3-5H3/b9-8-,13-10+,15-14+. The maximum atomic E-state index is 5.69. The van der Waals surface area contributed by atoms with Crippen molar-refractivity contribution in [3.63, 3.8) is 0 Å². The number of rotatable bonds is 6. The fourth-order valence-corrected chi connectivity index (χ4v) is 1.16. The van der Waals surface area contributed by atoms with Crippen LogP contribution in [0.4, 0.5) is 0 Å². The van der Waals surface area contributed by atoms with E-state index in [9.17, 15) is 0 Å². The SMILES string of the molecule is C=C(C)/C(C)=C/C(/C=C\CCC)=C(\C)CN. The van der Waals surface area contributed by atoms with Crippen molar-refractivity contribution in [1.29, 1.82) is 0 Å². The molecule has 0 heterocycles. The Bertz CT molecular complexity index is 316. The first-order valence-electron chi connectivity index (χ1n) is 5.93. The Morgan fingerprint density at radius 3 is 2.31 bits per heavy atom. The average molecular weight is 219 g/mol. The second kappa shape index (κ2) is 8.12. The van der Waals surface area contributed by atoms with Crippen LogP contribution in [-0.4, -0.2) is 6.54 Å². The summed E-state index contributed by atoms with van der Waals surface area (Å²) in [5.41, 5.74) is 10.4. The zero-order valence-corrected chi connectivity index (χ0v) is 11.1. The Hall–Kier alpha value is -1.08. The predicted octanol–water partition coefficient (Wildman–Crippen LogP) is 4.14. The smallest absolute Gasteiger partial charge is 0.0143 e. The van der Waals surface area contributed by atoms with Gasteiger partial charge in [0.25, 0.3) is 0 Å². The molecule has 0 saturated heterocycles. The summed E-state index contributed by atoms with van der Waals surface area (Å²) in [4.78, 5) is 0. The lowest BCUT2D eigenvalue weighted by Crippen LogP contribution is -2.02. The summed E-state index contributed by atoms with van der Waals surface area (Å²) in [6.07, 6.45) is 8.82. The summed E-state index contributed by atoms with van der Waals surface area (Å²) in [6, 6.07) is 0. The van der Waals surface area contributed by atoms with E-state index < -0.39 is 0 Å². The molecule has 0 aliphatic rings. The highest BCUT2D eigenvalue weighted by Crippen LogP contribution is 2.14. The molecule has 0 spiro atoms. The average Bonchev–Trinajstić information content (AvgIpc) is 2.26. The highest BCUT2D eigenvalue weighted by atomic mass is 14.5. The third-order valence-electron chi connectivity index (χ3n) is 2.60. The molecule has 0 aromatic carbocycles. The Kier molecular flexibility index (Phi) is 7.57. The van der Waals surface area contributed by atoms with Crippen molar-refractivity contribution in [2.45, 2.75) is 40.5 Å². The third kappa shape index (κ3) is 5.72. The largest absolute Gasteiger partial charge is 0.327 e. The molecular formula is C15H25N. The van der Waals surface area contributed by atoms with Crippen LogP contribution < -0.4 is 5.73 Å². The van der Waals surface area contributed by atoms with E-state index >= 15 is 0 Å². The van der Waals surface area contributed by atoms with Crippen molar-refractivity contribution >= 4 is 0 Å². The number of hydrogen-bond donors (Lipinski definition) is 1. The van der Waals surface area contributed by atoms with Gasteiger partial charge in [-0.05, 0) is 38.3 Å². The van der Waals surface area contributed by atoms with Gasteiger partial charge in [-0.1, -0.05) is 49.3 Å². The summed E-state index contributed by atoms with van der Waals surface area (Å²) < 4.78 is 0. The Morgan fingerprint density at radius 1 is 1.25 bits per heavy atom. The van der Waals surface area contributed by atoms with Crippen LogP contribution in [0.3, 0.4) is 0 Å². The molecular weight excluding hydrogens is 194 g/mol. The third-order valence-corrected chi connectivity index (χ3v) is 2.60. The molecule has 1 nitrogen and oxygen atoms in total. The molecule has 16 heavy (non-hydrogen) atoms. The van der Waals surface area contributed by atoms with Crippen LogP contribution in [0.5, 0.6) is 0 Å². The van der Waals surface area contributed by atoms with Gasteiger partial charge in [0.1, 0.15) is 0 Å². The summed E-state index contributed by atoms with van der Waals surface area (Å²) in [6.45, 7) is 12.9. The van der Waals surface area contributed by atoms with Crippen LogP contribution in [0.25, 0.3) is 0 Å². The van der Waals surface area contributed by atoms with E-state index in [-0.39, 0.29) is 0 Å². The normalized spacial score (nSPS) is 14.2. The van der Waals surface area contributed by atoms with Gasteiger partial charge in [-0.25, -0.2) is 0 Å². The van der Waals surface area contributed by atoms with Crippen molar-refractivity contribution in [3.05, 3.63) is 47.1 Å². The molecule has 0 unspecified atom stereocenters. The molecule has 90 valence electrons. The second-order valence-electron chi connectivity index (χ2n) is 4.24. The molecule has 0 aliphatic carbocycles. The summed E-state index contributed by atoms with van der Waals surface area (Å²) in [7, 11) is 0. The second-order valence-corrected chi connectivity index (χ2v) is 4.24. The summed E-state index contributed by atoms with van der Waals surface area (Å²) in [5, 5.41) is 0. The van der Waals surface area contributed by atoms with Gasteiger partial charge in [-0.2, -0.15) is 0 Å². The van der Waals surface area contributed by atoms with E-state index in [1.165, 1.54) is 23.1 Å². The maximum absolute atomic E-state index is 5.69. The van der Waals surface area contributed by atoms with E-state index in [1.807, 2.05) is 6.92 Å². The van der Waals surface area contributed by atoms with Crippen LogP contribution in [0.1, 0.15) is 40.5 Å². The maximum Gasteiger partial charge on any atom is 0.0143 e. The zero-order valence-electron chi connectivity index (χ0n) is 11.1. The molecule has 0 saturated carbocycles. The topological polar surface area (TPSA) is 26.0 Å². The molecule has 0 aromatic rings. The molecule has 2 N–H and O–H groups in total. The van der Waals surface area contributed by atoms with Crippen LogP contribution >= 0.6 is 0 Å². The van der Waals surface area contributed by atoms with Gasteiger partial charge in [0.2, 0.25) is 0 Å². The van der Waals surface area contributed by atoms with Crippen molar-refractivity contribution in [2.24, 2.45) is 5.73 Å². The van der Waals surface area contributed by atoms with Crippen molar-refractivity contribution < 1.29 is 0 Å². The number of allylic oxidation sites excluding steroid dienone is 6. The Labute approximate surface area is 100 Å². The zero-order chi connectivity index (χ0) is 12.6. The van der Waals surface area contributed by atoms with Crippen molar-refractivity contribution in [1.82, 2.24) is 0 Å². The molecule has 0 radical (unpaired) electrons. The highest BCUT2D eigenvalue weighted by molar-refractivity contribution is 5.41. The lowest BCUT2D eigenvalue weighted by Gasteiger charge is -2.05. The van der Waals surface area contributed by atoms with Gasteiger partial charge in [0.15, 0.2) is 0 Å². The van der Waals surface area contributed by atoms with Gasteiger partial charge in [-0.3, -0.25) is 0 Å². The summed E-state index contributed by atoms with van der Waals surface area (Å²) >= 11 is 0. The molecule has 0 bridgehead atoms. The van der Waals surface area contributed by atoms with E-state index in [2.05, 4.69) is 45.6 Å². The minimum atomic E-state index is 0.603. The lowest BCUT2D eigenvalue weighted by molar-refractivity contribution is 0.957. The van der Waals surface area contributed by atoms with E-state index in [0.29, 0.717) is 6.54 Å². The van der Waals surface area contributed by atoms with Gasteiger partial charge in [0, 0.05) is 6.54 Å². The molecule has 0 amide bonds. The number of hydrogen-bond acceptors (Lipinski definition) is 1. The van der Waals surface area contributed by atoms with Gasteiger partial charge in [0.05, 0.1) is 0 Å². The molecule has 0 aliphatic heterocycles. The highest BCUT2D eigenvalue weighted by Gasteiger charge is 1.96. The molecule has 0 atom stereocenters. The van der Waals surface area contributed by atoms with Crippen molar-refractivity contribution in [3.8, 4) is 0 Å². The Balaban J connectivity index is 4.98. The number of nitrogens with two attached hydrogens (primary N) is 1. The molecule has 0 aromatic heterocycles. The lowest BCUT2D eigenvalue weighted by atomic mass is 10.0. The Morgan fingerprint density at radius 2 is 1.88 bits per heavy atom. The number of unbranched alkanes of at least 4 members (excludes halogenated alkanes) is 1. The van der Waals surface area contributed by atoms with E-state index in [0.717, 1.165) is 12.0 Å². The van der Waals surface area contributed by atoms with Gasteiger partial charge in [-0.15, -0.1) is 0 Å². The monoisotopic (exact) mass is 219 g/mol. The first-order chi connectivity index (χ1) is 7.52. The quantitative estimate of drug-likeness (QED) is 0.668. The van der Waals surface area contributed by atoms with Crippen LogP contribution in [-0.2, 0) is 0 Å². The molecule has 0 rings (SSSR count). The summed E-state index contributed by atoms with van der Waals surface area (Å²) in [5.74, 6) is 0. The van der Waals surface area contributed by atoms with Crippen LogP contribution in [0, 0.1) is 0 Å². The fourth-order valence-electron chi connectivity index (χ4n) is 1.16. The van der Waals surface area contributed by atoms with Crippen LogP contribution in [0.15, 0.2) is 47.1 Å². The first-order valence-corrected chi connectivity index (χ1v) is 5.93. The molecule has 0 fully saturated rings. The minimum absolute atomic E-state index is 0.603. The van der Waals surface area contributed by atoms with E-state index in [1.54, 1.807) is 0 Å². The minimum Gasteiger partial charge on any atom is -0.327 e. The van der Waals surface area contributed by atoms with Crippen LogP contribution in [0.2, 0.25) is 0 Å². The predicted molar refractivity (Wildman–Crippen MR) is 74.4 cm³/mol.